The van der Waals surface area contributed by atoms with Gasteiger partial charge in [-0.1, -0.05) is 11.6 Å². The number of rotatable bonds is 5. The van der Waals surface area contributed by atoms with E-state index in [4.69, 9.17) is 14.2 Å². The van der Waals surface area contributed by atoms with Crippen LogP contribution in [0.2, 0.25) is 0 Å². The Morgan fingerprint density at radius 3 is 2.65 bits per heavy atom. The summed E-state index contributed by atoms with van der Waals surface area (Å²) in [5.74, 6) is 0.702. The number of benzene rings is 1. The first kappa shape index (κ1) is 15.3. The first-order valence-corrected chi connectivity index (χ1v) is 7.17. The number of ether oxygens (including phenoxy) is 3. The van der Waals surface area contributed by atoms with Gasteiger partial charge in [-0.25, -0.2) is 0 Å². The van der Waals surface area contributed by atoms with E-state index < -0.39 is 11.7 Å². The van der Waals surface area contributed by atoms with Gasteiger partial charge in [0.1, 0.15) is 17.5 Å². The van der Waals surface area contributed by atoms with Crippen molar-refractivity contribution in [1.82, 2.24) is 0 Å². The van der Waals surface area contributed by atoms with Crippen LogP contribution in [0.3, 0.4) is 0 Å². The molecule has 0 radical (unpaired) electrons. The van der Waals surface area contributed by atoms with Gasteiger partial charge >= 0.3 is 0 Å². The van der Waals surface area contributed by atoms with E-state index in [-0.39, 0.29) is 0 Å². The highest BCUT2D eigenvalue weighted by Gasteiger charge is 2.42. The van der Waals surface area contributed by atoms with Crippen LogP contribution in [0.25, 0.3) is 0 Å². The molecule has 0 aromatic heterocycles. The predicted molar refractivity (Wildman–Crippen MR) is 77.1 cm³/mol. The Hall–Kier alpha value is -1.10. The van der Waals surface area contributed by atoms with Crippen molar-refractivity contribution < 1.29 is 19.3 Å². The highest BCUT2D eigenvalue weighted by Crippen LogP contribution is 2.41. The van der Waals surface area contributed by atoms with Gasteiger partial charge in [0.25, 0.3) is 0 Å². The molecular formula is C16H24O4. The SMILES string of the molecule is CCOC1(C(O)c2cc(C)ccc2OC)CCOCC1. The van der Waals surface area contributed by atoms with Crippen LogP contribution in [0.1, 0.15) is 37.0 Å². The lowest BCUT2D eigenvalue weighted by Gasteiger charge is -2.41. The molecule has 0 saturated carbocycles. The van der Waals surface area contributed by atoms with Crippen LogP contribution < -0.4 is 4.74 Å². The van der Waals surface area contributed by atoms with Crippen LogP contribution in [0.4, 0.5) is 0 Å². The van der Waals surface area contributed by atoms with Crippen LogP contribution >= 0.6 is 0 Å². The highest BCUT2D eigenvalue weighted by atomic mass is 16.5. The summed E-state index contributed by atoms with van der Waals surface area (Å²) in [4.78, 5) is 0. The molecule has 112 valence electrons. The maximum absolute atomic E-state index is 10.9. The molecule has 20 heavy (non-hydrogen) atoms. The molecular weight excluding hydrogens is 256 g/mol. The van der Waals surface area contributed by atoms with Crippen LogP contribution in [0.5, 0.6) is 5.75 Å². The number of aliphatic hydroxyl groups is 1. The summed E-state index contributed by atoms with van der Waals surface area (Å²) in [6, 6.07) is 5.85. The molecule has 0 amide bonds. The predicted octanol–water partition coefficient (Wildman–Crippen LogP) is 2.62. The second kappa shape index (κ2) is 6.57. The van der Waals surface area contributed by atoms with Crippen LogP contribution in [-0.2, 0) is 9.47 Å². The minimum atomic E-state index is -0.707. The fraction of sp³-hybridized carbons (Fsp3) is 0.625. The van der Waals surface area contributed by atoms with E-state index in [2.05, 4.69) is 0 Å². The Morgan fingerprint density at radius 1 is 1.35 bits per heavy atom. The third kappa shape index (κ3) is 2.97. The molecule has 4 nitrogen and oxygen atoms in total. The molecule has 2 rings (SSSR count). The van der Waals surface area contributed by atoms with E-state index >= 15 is 0 Å². The monoisotopic (exact) mass is 280 g/mol. The first-order chi connectivity index (χ1) is 9.63. The number of hydrogen-bond acceptors (Lipinski definition) is 4. The zero-order valence-corrected chi connectivity index (χ0v) is 12.5. The summed E-state index contributed by atoms with van der Waals surface area (Å²) in [6.07, 6.45) is 0.680. The maximum atomic E-state index is 10.9. The van der Waals surface area contributed by atoms with Gasteiger partial charge in [0.2, 0.25) is 0 Å². The third-order valence-corrected chi connectivity index (χ3v) is 3.95. The summed E-state index contributed by atoms with van der Waals surface area (Å²) in [5.41, 5.74) is 1.31. The van der Waals surface area contributed by atoms with E-state index in [0.29, 0.717) is 38.4 Å². The van der Waals surface area contributed by atoms with E-state index in [0.717, 1.165) is 11.1 Å². The van der Waals surface area contributed by atoms with Gasteiger partial charge in [-0.15, -0.1) is 0 Å². The second-order valence-corrected chi connectivity index (χ2v) is 5.26. The van der Waals surface area contributed by atoms with Gasteiger partial charge in [0.05, 0.1) is 7.11 Å². The molecule has 1 aliphatic rings. The van der Waals surface area contributed by atoms with Crippen LogP contribution in [-0.4, -0.2) is 37.6 Å². The molecule has 1 fully saturated rings. The van der Waals surface area contributed by atoms with Crippen LogP contribution in [0, 0.1) is 6.92 Å². The van der Waals surface area contributed by atoms with Gasteiger partial charge in [-0.3, -0.25) is 0 Å². The Labute approximate surface area is 120 Å². The minimum absolute atomic E-state index is 0.575. The Kier molecular flexibility index (Phi) is 5.02. The minimum Gasteiger partial charge on any atom is -0.496 e. The number of aliphatic hydroxyl groups excluding tert-OH is 1. The second-order valence-electron chi connectivity index (χ2n) is 5.26. The topological polar surface area (TPSA) is 47.9 Å². The lowest BCUT2D eigenvalue weighted by atomic mass is 9.83. The fourth-order valence-corrected chi connectivity index (χ4v) is 2.85. The Morgan fingerprint density at radius 2 is 2.05 bits per heavy atom. The van der Waals surface area contributed by atoms with Gasteiger partial charge < -0.3 is 19.3 Å². The maximum Gasteiger partial charge on any atom is 0.124 e. The molecule has 0 aliphatic carbocycles. The molecule has 1 atom stereocenters. The molecule has 1 aromatic rings. The lowest BCUT2D eigenvalue weighted by molar-refractivity contribution is -0.168. The van der Waals surface area contributed by atoms with Crippen LogP contribution in [0.15, 0.2) is 18.2 Å². The normalized spacial score (nSPS) is 19.6. The third-order valence-electron chi connectivity index (χ3n) is 3.95. The lowest BCUT2D eigenvalue weighted by Crippen LogP contribution is -2.44. The molecule has 1 aromatic carbocycles. The zero-order chi connectivity index (χ0) is 14.6. The van der Waals surface area contributed by atoms with Gasteiger partial charge in [0.15, 0.2) is 0 Å². The zero-order valence-electron chi connectivity index (χ0n) is 12.5. The first-order valence-electron chi connectivity index (χ1n) is 7.17. The number of aryl methyl sites for hydroxylation is 1. The summed E-state index contributed by atoms with van der Waals surface area (Å²) in [7, 11) is 1.62. The van der Waals surface area contributed by atoms with Crippen molar-refractivity contribution in [3.8, 4) is 5.75 Å². The smallest absolute Gasteiger partial charge is 0.124 e. The Balaban J connectivity index is 2.36. The average Bonchev–Trinajstić information content (AvgIpc) is 2.47. The van der Waals surface area contributed by atoms with E-state index in [1.165, 1.54) is 0 Å². The molecule has 1 aliphatic heterocycles. The molecule has 0 bridgehead atoms. The molecule has 1 saturated heterocycles. The summed E-state index contributed by atoms with van der Waals surface area (Å²) < 4.78 is 16.7. The summed E-state index contributed by atoms with van der Waals surface area (Å²) in [5, 5.41) is 10.9. The number of hydrogen-bond donors (Lipinski definition) is 1. The molecule has 1 heterocycles. The molecule has 4 heteroatoms. The molecule has 1 N–H and O–H groups in total. The van der Waals surface area contributed by atoms with Gasteiger partial charge in [-0.05, 0) is 26.0 Å². The summed E-state index contributed by atoms with van der Waals surface area (Å²) >= 11 is 0. The standard InChI is InChI=1S/C16H24O4/c1-4-20-16(7-9-19-10-8-16)15(17)13-11-12(2)5-6-14(13)18-3/h5-6,11,15,17H,4,7-10H2,1-3H3. The van der Waals surface area contributed by atoms with Crippen molar-refractivity contribution in [2.24, 2.45) is 0 Å². The highest BCUT2D eigenvalue weighted by molar-refractivity contribution is 5.39. The van der Waals surface area contributed by atoms with Crippen molar-refractivity contribution in [3.63, 3.8) is 0 Å². The molecule has 0 spiro atoms. The quantitative estimate of drug-likeness (QED) is 0.900. The van der Waals surface area contributed by atoms with Gasteiger partial charge in [-0.2, -0.15) is 0 Å². The van der Waals surface area contributed by atoms with Crippen molar-refractivity contribution in [2.45, 2.75) is 38.4 Å². The average molecular weight is 280 g/mol. The van der Waals surface area contributed by atoms with Crippen molar-refractivity contribution in [3.05, 3.63) is 29.3 Å². The van der Waals surface area contributed by atoms with E-state index in [1.54, 1.807) is 7.11 Å². The Bertz CT molecular complexity index is 433. The molecule has 1 unspecified atom stereocenters. The van der Waals surface area contributed by atoms with Gasteiger partial charge in [0, 0.05) is 38.2 Å². The van der Waals surface area contributed by atoms with E-state index in [9.17, 15) is 5.11 Å². The number of methoxy groups -OCH3 is 1. The largest absolute Gasteiger partial charge is 0.496 e. The van der Waals surface area contributed by atoms with E-state index in [1.807, 2.05) is 32.0 Å². The van der Waals surface area contributed by atoms with Crippen molar-refractivity contribution in [2.75, 3.05) is 26.9 Å². The summed E-state index contributed by atoms with van der Waals surface area (Å²) in [6.45, 7) is 5.77. The fourth-order valence-electron chi connectivity index (χ4n) is 2.85. The van der Waals surface area contributed by atoms with Crippen molar-refractivity contribution >= 4 is 0 Å². The van der Waals surface area contributed by atoms with Crippen molar-refractivity contribution in [1.29, 1.82) is 0 Å².